The van der Waals surface area contributed by atoms with Crippen LogP contribution in [-0.4, -0.2) is 17.4 Å². The highest BCUT2D eigenvalue weighted by Crippen LogP contribution is 2.16. The normalized spacial score (nSPS) is 14.6. The monoisotopic (exact) mass is 221 g/mol. The van der Waals surface area contributed by atoms with E-state index >= 15 is 0 Å². The van der Waals surface area contributed by atoms with Crippen LogP contribution in [0.2, 0.25) is 0 Å². The number of ether oxygens (including phenoxy) is 1. The van der Waals surface area contributed by atoms with Gasteiger partial charge in [0.1, 0.15) is 5.75 Å². The van der Waals surface area contributed by atoms with Crippen LogP contribution in [-0.2, 0) is 0 Å². The average Bonchev–Trinajstić information content (AvgIpc) is 2.28. The van der Waals surface area contributed by atoms with Crippen LogP contribution < -0.4 is 10.5 Å². The molecular weight excluding hydrogens is 202 g/mol. The highest BCUT2D eigenvalue weighted by Gasteiger charge is 2.19. The minimum atomic E-state index is -0.977. The summed E-state index contributed by atoms with van der Waals surface area (Å²) in [5.74, 6) is 0.775. The van der Waals surface area contributed by atoms with E-state index in [1.807, 2.05) is 26.0 Å². The van der Waals surface area contributed by atoms with Crippen molar-refractivity contribution < 1.29 is 9.84 Å². The first-order chi connectivity index (χ1) is 7.54. The Balaban J connectivity index is 2.62. The molecule has 3 N–H and O–H groups in total. The lowest BCUT2D eigenvalue weighted by Crippen LogP contribution is -2.42. The van der Waals surface area contributed by atoms with Gasteiger partial charge >= 0.3 is 0 Å². The molecule has 16 heavy (non-hydrogen) atoms. The molecule has 0 aliphatic heterocycles. The van der Waals surface area contributed by atoms with E-state index < -0.39 is 6.29 Å². The third-order valence-corrected chi connectivity index (χ3v) is 2.47. The van der Waals surface area contributed by atoms with Crippen LogP contribution in [0.1, 0.15) is 19.4 Å². The standard InChI is InChI=1S/C13H19NO2/c1-4-10-5-7-11(8-6-10)16-13(15)12(14)9(2)3/h4-9,12-13,15H,1,14H2,2-3H3. The molecule has 0 aromatic heterocycles. The van der Waals surface area contributed by atoms with Gasteiger partial charge in [-0.1, -0.05) is 38.6 Å². The molecule has 0 aliphatic rings. The molecule has 88 valence electrons. The molecule has 0 aliphatic carbocycles. The van der Waals surface area contributed by atoms with Gasteiger partial charge in [-0.3, -0.25) is 0 Å². The Bertz CT molecular complexity index is 332. The van der Waals surface area contributed by atoms with Crippen LogP contribution in [0.15, 0.2) is 30.8 Å². The number of aliphatic hydroxyl groups is 1. The second kappa shape index (κ2) is 5.68. The van der Waals surface area contributed by atoms with Crippen LogP contribution in [0.3, 0.4) is 0 Å². The minimum absolute atomic E-state index is 0.169. The maximum Gasteiger partial charge on any atom is 0.212 e. The molecular formula is C13H19NO2. The largest absolute Gasteiger partial charge is 0.463 e. The summed E-state index contributed by atoms with van der Waals surface area (Å²) in [6.07, 6.45) is 0.773. The molecule has 0 heterocycles. The summed E-state index contributed by atoms with van der Waals surface area (Å²) in [6.45, 7) is 7.55. The fraction of sp³-hybridized carbons (Fsp3) is 0.385. The predicted molar refractivity (Wildman–Crippen MR) is 66.0 cm³/mol. The van der Waals surface area contributed by atoms with E-state index in [-0.39, 0.29) is 12.0 Å². The van der Waals surface area contributed by atoms with E-state index in [2.05, 4.69) is 6.58 Å². The number of rotatable bonds is 5. The second-order valence-electron chi connectivity index (χ2n) is 4.10. The molecule has 1 aromatic rings. The molecule has 1 rings (SSSR count). The van der Waals surface area contributed by atoms with Crippen molar-refractivity contribution in [3.63, 3.8) is 0 Å². The number of hydrogen-bond donors (Lipinski definition) is 2. The third-order valence-electron chi connectivity index (χ3n) is 2.47. The molecule has 2 atom stereocenters. The Labute approximate surface area is 96.5 Å². The van der Waals surface area contributed by atoms with Gasteiger partial charge < -0.3 is 15.6 Å². The van der Waals surface area contributed by atoms with Crippen molar-refractivity contribution in [3.05, 3.63) is 36.4 Å². The lowest BCUT2D eigenvalue weighted by Gasteiger charge is -2.22. The zero-order valence-electron chi connectivity index (χ0n) is 9.76. The van der Waals surface area contributed by atoms with E-state index in [1.165, 1.54) is 0 Å². The Kier molecular flexibility index (Phi) is 4.52. The van der Waals surface area contributed by atoms with Crippen LogP contribution >= 0.6 is 0 Å². The van der Waals surface area contributed by atoms with Gasteiger partial charge in [0.05, 0.1) is 6.04 Å². The average molecular weight is 221 g/mol. The number of hydrogen-bond acceptors (Lipinski definition) is 3. The lowest BCUT2D eigenvalue weighted by molar-refractivity contribution is -0.0464. The first kappa shape index (κ1) is 12.7. The van der Waals surface area contributed by atoms with Crippen molar-refractivity contribution in [2.24, 2.45) is 11.7 Å². The van der Waals surface area contributed by atoms with Gasteiger partial charge in [0.2, 0.25) is 6.29 Å². The summed E-state index contributed by atoms with van der Waals surface area (Å²) >= 11 is 0. The van der Waals surface area contributed by atoms with Crippen molar-refractivity contribution in [2.45, 2.75) is 26.2 Å². The third kappa shape index (κ3) is 3.36. The number of nitrogens with two attached hydrogens (primary N) is 1. The van der Waals surface area contributed by atoms with Crippen LogP contribution in [0.5, 0.6) is 5.75 Å². The Morgan fingerprint density at radius 3 is 2.31 bits per heavy atom. The summed E-state index contributed by atoms with van der Waals surface area (Å²) in [4.78, 5) is 0. The topological polar surface area (TPSA) is 55.5 Å². The van der Waals surface area contributed by atoms with Crippen LogP contribution in [0.4, 0.5) is 0 Å². The van der Waals surface area contributed by atoms with Gasteiger partial charge in [-0.15, -0.1) is 0 Å². The molecule has 2 unspecified atom stereocenters. The highest BCUT2D eigenvalue weighted by atomic mass is 16.6. The molecule has 0 amide bonds. The quantitative estimate of drug-likeness (QED) is 0.748. The molecule has 0 saturated carbocycles. The van der Waals surface area contributed by atoms with Gasteiger partial charge in [0.15, 0.2) is 0 Å². The molecule has 0 fully saturated rings. The van der Waals surface area contributed by atoms with E-state index in [1.54, 1.807) is 18.2 Å². The summed E-state index contributed by atoms with van der Waals surface area (Å²) in [6, 6.07) is 6.92. The van der Waals surface area contributed by atoms with Gasteiger partial charge in [0.25, 0.3) is 0 Å². The maximum absolute atomic E-state index is 9.70. The van der Waals surface area contributed by atoms with Crippen molar-refractivity contribution >= 4 is 6.08 Å². The summed E-state index contributed by atoms with van der Waals surface area (Å²) < 4.78 is 5.33. The van der Waals surface area contributed by atoms with E-state index in [9.17, 15) is 5.11 Å². The SMILES string of the molecule is C=Cc1ccc(OC(O)C(N)C(C)C)cc1. The summed E-state index contributed by atoms with van der Waals surface area (Å²) in [5.41, 5.74) is 6.78. The van der Waals surface area contributed by atoms with E-state index in [4.69, 9.17) is 10.5 Å². The van der Waals surface area contributed by atoms with Gasteiger partial charge in [-0.25, -0.2) is 0 Å². The van der Waals surface area contributed by atoms with E-state index in [0.717, 1.165) is 5.56 Å². The molecule has 0 bridgehead atoms. The number of aliphatic hydroxyl groups excluding tert-OH is 1. The van der Waals surface area contributed by atoms with Gasteiger partial charge in [0, 0.05) is 0 Å². The zero-order chi connectivity index (χ0) is 12.1. The predicted octanol–water partition coefficient (Wildman–Crippen LogP) is 2.01. The Morgan fingerprint density at radius 2 is 1.88 bits per heavy atom. The van der Waals surface area contributed by atoms with Crippen LogP contribution in [0, 0.1) is 5.92 Å². The molecule has 3 heteroatoms. The Morgan fingerprint density at radius 1 is 1.31 bits per heavy atom. The minimum Gasteiger partial charge on any atom is -0.463 e. The van der Waals surface area contributed by atoms with Crippen molar-refractivity contribution in [2.75, 3.05) is 0 Å². The van der Waals surface area contributed by atoms with Crippen molar-refractivity contribution in [1.29, 1.82) is 0 Å². The van der Waals surface area contributed by atoms with Crippen molar-refractivity contribution in [1.82, 2.24) is 0 Å². The fourth-order valence-corrected chi connectivity index (χ4v) is 1.23. The van der Waals surface area contributed by atoms with Crippen LogP contribution in [0.25, 0.3) is 6.08 Å². The molecule has 0 saturated heterocycles. The maximum atomic E-state index is 9.70. The van der Waals surface area contributed by atoms with Crippen molar-refractivity contribution in [3.8, 4) is 5.75 Å². The molecule has 0 spiro atoms. The fourth-order valence-electron chi connectivity index (χ4n) is 1.23. The summed E-state index contributed by atoms with van der Waals surface area (Å²) in [7, 11) is 0. The van der Waals surface area contributed by atoms with E-state index in [0.29, 0.717) is 5.75 Å². The first-order valence-corrected chi connectivity index (χ1v) is 5.37. The zero-order valence-corrected chi connectivity index (χ0v) is 9.76. The first-order valence-electron chi connectivity index (χ1n) is 5.37. The second-order valence-corrected chi connectivity index (χ2v) is 4.10. The molecule has 1 aromatic carbocycles. The Hall–Kier alpha value is -1.32. The molecule has 0 radical (unpaired) electrons. The summed E-state index contributed by atoms with van der Waals surface area (Å²) in [5, 5.41) is 9.70. The number of benzene rings is 1. The smallest absolute Gasteiger partial charge is 0.212 e. The highest BCUT2D eigenvalue weighted by molar-refractivity contribution is 5.48. The van der Waals surface area contributed by atoms with Gasteiger partial charge in [-0.05, 0) is 23.6 Å². The van der Waals surface area contributed by atoms with Gasteiger partial charge in [-0.2, -0.15) is 0 Å². The molecule has 3 nitrogen and oxygen atoms in total. The lowest BCUT2D eigenvalue weighted by atomic mass is 10.1.